The quantitative estimate of drug-likeness (QED) is 0.367. The van der Waals surface area contributed by atoms with E-state index in [0.29, 0.717) is 5.69 Å². The lowest BCUT2D eigenvalue weighted by Gasteiger charge is -1.93. The molecule has 0 saturated carbocycles. The maximum atomic E-state index is 10.3. The molecule has 0 spiro atoms. The Morgan fingerprint density at radius 3 is 2.55 bits per heavy atom. The highest BCUT2D eigenvalue weighted by atomic mass is 16.6. The second-order valence-corrected chi connectivity index (χ2v) is 1.90. The van der Waals surface area contributed by atoms with Crippen LogP contribution >= 0.6 is 0 Å². The van der Waals surface area contributed by atoms with Crippen molar-refractivity contribution in [2.24, 2.45) is 4.99 Å². The van der Waals surface area contributed by atoms with Gasteiger partial charge in [-0.2, -0.15) is 0 Å². The number of rotatable bonds is 2. The fourth-order valence-corrected chi connectivity index (χ4v) is 0.752. The molecule has 0 bridgehead atoms. The van der Waals surface area contributed by atoms with Crippen molar-refractivity contribution in [1.29, 1.82) is 0 Å². The fourth-order valence-electron chi connectivity index (χ4n) is 0.752. The van der Waals surface area contributed by atoms with Gasteiger partial charge in [0.25, 0.3) is 5.69 Å². The first kappa shape index (κ1) is 7.40. The van der Waals surface area contributed by atoms with Crippen LogP contribution in [0.1, 0.15) is 0 Å². The van der Waals surface area contributed by atoms with Gasteiger partial charge in [-0.1, -0.05) is 12.1 Å². The van der Waals surface area contributed by atoms with E-state index in [9.17, 15) is 10.1 Å². The topological polar surface area (TPSA) is 55.5 Å². The van der Waals surface area contributed by atoms with Gasteiger partial charge in [-0.05, 0) is 12.8 Å². The predicted molar refractivity (Wildman–Crippen MR) is 42.3 cm³/mol. The Kier molecular flexibility index (Phi) is 1.96. The minimum atomic E-state index is -0.482. The van der Waals surface area contributed by atoms with E-state index in [4.69, 9.17) is 0 Å². The number of nitro benzene ring substituents is 1. The van der Waals surface area contributed by atoms with Crippen molar-refractivity contribution in [2.75, 3.05) is 0 Å². The second-order valence-electron chi connectivity index (χ2n) is 1.90. The summed E-state index contributed by atoms with van der Waals surface area (Å²) in [6.45, 7) is 3.22. The molecule has 4 heteroatoms. The highest BCUT2D eigenvalue weighted by Crippen LogP contribution is 2.24. The van der Waals surface area contributed by atoms with E-state index in [-0.39, 0.29) is 5.69 Å². The molecule has 11 heavy (non-hydrogen) atoms. The van der Waals surface area contributed by atoms with Crippen LogP contribution in [0.3, 0.4) is 0 Å². The van der Waals surface area contributed by atoms with Crippen LogP contribution in [0.4, 0.5) is 11.4 Å². The summed E-state index contributed by atoms with van der Waals surface area (Å²) >= 11 is 0. The Balaban J connectivity index is 3.22. The van der Waals surface area contributed by atoms with Gasteiger partial charge in [0.15, 0.2) is 0 Å². The summed E-state index contributed by atoms with van der Waals surface area (Å²) in [4.78, 5) is 13.3. The lowest BCUT2D eigenvalue weighted by Crippen LogP contribution is -1.86. The largest absolute Gasteiger partial charge is 0.294 e. The molecule has 0 amide bonds. The number of para-hydroxylation sites is 2. The van der Waals surface area contributed by atoms with Crippen LogP contribution in [0.2, 0.25) is 0 Å². The van der Waals surface area contributed by atoms with E-state index in [0.717, 1.165) is 0 Å². The first-order valence-corrected chi connectivity index (χ1v) is 2.96. The molecule has 1 aromatic rings. The monoisotopic (exact) mass is 150 g/mol. The van der Waals surface area contributed by atoms with Crippen LogP contribution in [0.5, 0.6) is 0 Å². The van der Waals surface area contributed by atoms with Crippen LogP contribution in [0, 0.1) is 10.1 Å². The van der Waals surface area contributed by atoms with E-state index < -0.39 is 4.92 Å². The summed E-state index contributed by atoms with van der Waals surface area (Å²) in [5.41, 5.74) is 0.292. The molecule has 0 aliphatic heterocycles. The number of benzene rings is 1. The molecule has 0 N–H and O–H groups in total. The third-order valence-corrected chi connectivity index (χ3v) is 1.25. The van der Waals surface area contributed by atoms with Crippen molar-refractivity contribution in [3.63, 3.8) is 0 Å². The third-order valence-electron chi connectivity index (χ3n) is 1.25. The molecule has 0 unspecified atom stereocenters. The zero-order valence-corrected chi connectivity index (χ0v) is 5.73. The molecular formula is C7H6N2O2. The lowest BCUT2D eigenvalue weighted by molar-refractivity contribution is -0.384. The first-order valence-electron chi connectivity index (χ1n) is 2.96. The molecule has 56 valence electrons. The van der Waals surface area contributed by atoms with Gasteiger partial charge in [0.05, 0.1) is 4.92 Å². The molecule has 0 radical (unpaired) electrons. The summed E-state index contributed by atoms with van der Waals surface area (Å²) in [6, 6.07) is 6.21. The fraction of sp³-hybridized carbons (Fsp3) is 0. The van der Waals surface area contributed by atoms with Gasteiger partial charge in [0.2, 0.25) is 0 Å². The van der Waals surface area contributed by atoms with Gasteiger partial charge in [-0.15, -0.1) is 0 Å². The second kappa shape index (κ2) is 2.92. The molecule has 0 atom stereocenters. The Bertz CT molecular complexity index is 296. The molecular weight excluding hydrogens is 144 g/mol. The van der Waals surface area contributed by atoms with Crippen LogP contribution < -0.4 is 0 Å². The lowest BCUT2D eigenvalue weighted by atomic mass is 10.3. The third kappa shape index (κ3) is 1.40. The number of aliphatic imine (C=N–C) groups is 1. The maximum absolute atomic E-state index is 10.3. The predicted octanol–water partition coefficient (Wildman–Crippen LogP) is 1.93. The summed E-state index contributed by atoms with van der Waals surface area (Å²) < 4.78 is 0. The van der Waals surface area contributed by atoms with Crippen molar-refractivity contribution in [3.8, 4) is 0 Å². The van der Waals surface area contributed by atoms with E-state index in [1.54, 1.807) is 18.2 Å². The Labute approximate surface area is 63.3 Å². The summed E-state index contributed by atoms with van der Waals surface area (Å²) in [6.07, 6.45) is 0. The van der Waals surface area contributed by atoms with E-state index >= 15 is 0 Å². The molecule has 0 aromatic heterocycles. The molecule has 0 aliphatic rings. The Hall–Kier alpha value is -1.71. The minimum Gasteiger partial charge on any atom is -0.258 e. The molecule has 0 fully saturated rings. The van der Waals surface area contributed by atoms with Crippen LogP contribution in [0.15, 0.2) is 29.3 Å². The molecule has 1 rings (SSSR count). The van der Waals surface area contributed by atoms with Crippen LogP contribution in [-0.2, 0) is 0 Å². The highest BCUT2D eigenvalue weighted by Gasteiger charge is 2.09. The molecule has 0 heterocycles. The molecule has 4 nitrogen and oxygen atoms in total. The van der Waals surface area contributed by atoms with Crippen molar-refractivity contribution < 1.29 is 4.92 Å². The zero-order valence-electron chi connectivity index (χ0n) is 5.73. The van der Waals surface area contributed by atoms with Gasteiger partial charge in [-0.25, -0.2) is 0 Å². The number of hydrogen-bond acceptors (Lipinski definition) is 3. The molecule has 1 aromatic carbocycles. The zero-order chi connectivity index (χ0) is 8.27. The Morgan fingerprint density at radius 1 is 1.45 bits per heavy atom. The average Bonchev–Trinajstić information content (AvgIpc) is 2.04. The number of nitrogens with zero attached hydrogens (tertiary/aromatic N) is 2. The maximum Gasteiger partial charge on any atom is 0.294 e. The van der Waals surface area contributed by atoms with Gasteiger partial charge < -0.3 is 0 Å². The number of hydrogen-bond donors (Lipinski definition) is 0. The van der Waals surface area contributed by atoms with E-state index in [2.05, 4.69) is 11.7 Å². The summed E-state index contributed by atoms with van der Waals surface area (Å²) in [5, 5.41) is 10.3. The van der Waals surface area contributed by atoms with Crippen molar-refractivity contribution in [2.45, 2.75) is 0 Å². The SMILES string of the molecule is C=Nc1ccccc1[N+](=O)[O-]. The molecule has 0 saturated heterocycles. The molecule has 0 aliphatic carbocycles. The minimum absolute atomic E-state index is 0.0116. The van der Waals surface area contributed by atoms with Gasteiger partial charge >= 0.3 is 0 Å². The first-order chi connectivity index (χ1) is 5.25. The van der Waals surface area contributed by atoms with Crippen molar-refractivity contribution in [3.05, 3.63) is 34.4 Å². The van der Waals surface area contributed by atoms with Crippen LogP contribution in [-0.4, -0.2) is 11.6 Å². The van der Waals surface area contributed by atoms with Gasteiger partial charge in [-0.3, -0.25) is 15.1 Å². The van der Waals surface area contributed by atoms with Crippen molar-refractivity contribution >= 4 is 18.1 Å². The smallest absolute Gasteiger partial charge is 0.258 e. The van der Waals surface area contributed by atoms with E-state index in [1.807, 2.05) is 0 Å². The normalized spacial score (nSPS) is 9.09. The summed E-state index contributed by atoms with van der Waals surface area (Å²) in [5.74, 6) is 0. The number of nitro groups is 1. The average molecular weight is 150 g/mol. The van der Waals surface area contributed by atoms with Crippen molar-refractivity contribution in [1.82, 2.24) is 0 Å². The van der Waals surface area contributed by atoms with Crippen LogP contribution in [0.25, 0.3) is 0 Å². The van der Waals surface area contributed by atoms with E-state index in [1.165, 1.54) is 6.07 Å². The van der Waals surface area contributed by atoms with Gasteiger partial charge in [0, 0.05) is 6.07 Å². The highest BCUT2D eigenvalue weighted by molar-refractivity contribution is 5.60. The Morgan fingerprint density at radius 2 is 2.09 bits per heavy atom. The summed E-state index contributed by atoms with van der Waals surface area (Å²) in [7, 11) is 0. The standard InChI is InChI=1S/C7H6N2O2/c1-8-6-4-2-3-5-7(6)9(10)11/h2-5H,1H2. The van der Waals surface area contributed by atoms with Gasteiger partial charge in [0.1, 0.15) is 5.69 Å².